The SMILES string of the molecule is Cc1ccc(SCCC(=O)OCC(=O)Nc2ccc([N+](=O)[O-])cc2)cc1. The molecule has 0 unspecified atom stereocenters. The van der Waals surface area contributed by atoms with Crippen LogP contribution in [0.1, 0.15) is 12.0 Å². The molecule has 1 N–H and O–H groups in total. The second-order valence-electron chi connectivity index (χ2n) is 5.42. The molecular weight excluding hydrogens is 356 g/mol. The second-order valence-corrected chi connectivity index (χ2v) is 6.59. The molecule has 2 aromatic rings. The first kappa shape index (κ1) is 19.5. The summed E-state index contributed by atoms with van der Waals surface area (Å²) in [6.45, 7) is 1.61. The number of amides is 1. The van der Waals surface area contributed by atoms with Crippen molar-refractivity contribution >= 4 is 35.0 Å². The second kappa shape index (κ2) is 9.57. The van der Waals surface area contributed by atoms with Crippen molar-refractivity contribution in [2.45, 2.75) is 18.2 Å². The minimum Gasteiger partial charge on any atom is -0.456 e. The van der Waals surface area contributed by atoms with E-state index in [1.165, 1.54) is 29.8 Å². The highest BCUT2D eigenvalue weighted by Gasteiger charge is 2.09. The molecule has 0 radical (unpaired) electrons. The Morgan fingerprint density at radius 1 is 1.12 bits per heavy atom. The van der Waals surface area contributed by atoms with Crippen LogP contribution in [0.4, 0.5) is 11.4 Å². The summed E-state index contributed by atoms with van der Waals surface area (Å²) >= 11 is 1.54. The fourth-order valence-electron chi connectivity index (χ4n) is 1.97. The summed E-state index contributed by atoms with van der Waals surface area (Å²) < 4.78 is 4.92. The number of carbonyl (C=O) groups excluding carboxylic acids is 2. The Morgan fingerprint density at radius 3 is 2.38 bits per heavy atom. The molecule has 0 saturated carbocycles. The van der Waals surface area contributed by atoms with Gasteiger partial charge in [-0.05, 0) is 31.2 Å². The number of esters is 1. The lowest BCUT2D eigenvalue weighted by Gasteiger charge is -2.06. The van der Waals surface area contributed by atoms with Crippen LogP contribution in [0.5, 0.6) is 0 Å². The molecule has 26 heavy (non-hydrogen) atoms. The Labute approximate surface area is 154 Å². The van der Waals surface area contributed by atoms with Gasteiger partial charge in [-0.25, -0.2) is 0 Å². The van der Waals surface area contributed by atoms with Crippen molar-refractivity contribution in [3.63, 3.8) is 0 Å². The fraction of sp³-hybridized carbons (Fsp3) is 0.222. The predicted octanol–water partition coefficient (Wildman–Crippen LogP) is 3.57. The number of benzene rings is 2. The molecule has 0 saturated heterocycles. The number of thioether (sulfide) groups is 1. The average Bonchev–Trinajstić information content (AvgIpc) is 2.62. The number of hydrogen-bond donors (Lipinski definition) is 1. The summed E-state index contributed by atoms with van der Waals surface area (Å²) in [4.78, 5) is 34.5. The van der Waals surface area contributed by atoms with Crippen LogP contribution in [0.15, 0.2) is 53.4 Å². The maximum Gasteiger partial charge on any atom is 0.307 e. The Balaban J connectivity index is 1.67. The van der Waals surface area contributed by atoms with Crippen LogP contribution in [0.3, 0.4) is 0 Å². The van der Waals surface area contributed by atoms with Crippen LogP contribution < -0.4 is 5.32 Å². The van der Waals surface area contributed by atoms with Crippen molar-refractivity contribution in [2.75, 3.05) is 17.7 Å². The fourth-order valence-corrected chi connectivity index (χ4v) is 2.80. The molecular formula is C18H18N2O5S. The molecule has 0 aliphatic heterocycles. The van der Waals surface area contributed by atoms with Gasteiger partial charge in [-0.1, -0.05) is 17.7 Å². The standard InChI is InChI=1S/C18H18N2O5S/c1-13-2-8-16(9-3-13)26-11-10-18(22)25-12-17(21)19-14-4-6-15(7-5-14)20(23)24/h2-9H,10-12H2,1H3,(H,19,21). The zero-order chi connectivity index (χ0) is 18.9. The highest BCUT2D eigenvalue weighted by Crippen LogP contribution is 2.19. The minimum absolute atomic E-state index is 0.0690. The molecule has 0 atom stereocenters. The van der Waals surface area contributed by atoms with Crippen molar-refractivity contribution in [3.05, 3.63) is 64.2 Å². The van der Waals surface area contributed by atoms with Gasteiger partial charge in [0, 0.05) is 28.5 Å². The quantitative estimate of drug-likeness (QED) is 0.328. The van der Waals surface area contributed by atoms with Crippen molar-refractivity contribution in [2.24, 2.45) is 0 Å². The molecule has 2 aromatic carbocycles. The third-order valence-electron chi connectivity index (χ3n) is 3.32. The first-order chi connectivity index (χ1) is 12.4. The van der Waals surface area contributed by atoms with Crippen LogP contribution in [0.2, 0.25) is 0 Å². The predicted molar refractivity (Wildman–Crippen MR) is 99.2 cm³/mol. The van der Waals surface area contributed by atoms with E-state index in [1.807, 2.05) is 31.2 Å². The molecule has 0 aliphatic rings. The minimum atomic E-state index is -0.526. The van der Waals surface area contributed by atoms with Crippen LogP contribution in [0, 0.1) is 17.0 Å². The molecule has 0 bridgehead atoms. The Morgan fingerprint density at radius 2 is 1.77 bits per heavy atom. The summed E-state index contributed by atoms with van der Waals surface area (Å²) in [7, 11) is 0. The van der Waals surface area contributed by atoms with E-state index in [0.717, 1.165) is 4.90 Å². The van der Waals surface area contributed by atoms with E-state index in [9.17, 15) is 19.7 Å². The zero-order valence-electron chi connectivity index (χ0n) is 14.1. The molecule has 0 heterocycles. The molecule has 136 valence electrons. The van der Waals surface area contributed by atoms with Crippen molar-refractivity contribution in [1.82, 2.24) is 0 Å². The van der Waals surface area contributed by atoms with Crippen molar-refractivity contribution in [1.29, 1.82) is 0 Å². The summed E-state index contributed by atoms with van der Waals surface area (Å²) in [6, 6.07) is 13.4. The number of nitrogens with zero attached hydrogens (tertiary/aromatic N) is 1. The Bertz CT molecular complexity index is 775. The van der Waals surface area contributed by atoms with E-state index >= 15 is 0 Å². The summed E-state index contributed by atoms with van der Waals surface area (Å²) in [5.74, 6) is -0.395. The highest BCUT2D eigenvalue weighted by atomic mass is 32.2. The van der Waals surface area contributed by atoms with Gasteiger partial charge in [-0.3, -0.25) is 19.7 Å². The Hall–Kier alpha value is -2.87. The number of hydrogen-bond acceptors (Lipinski definition) is 6. The van der Waals surface area contributed by atoms with Gasteiger partial charge in [0.1, 0.15) is 0 Å². The van der Waals surface area contributed by atoms with Gasteiger partial charge in [-0.2, -0.15) is 0 Å². The molecule has 0 spiro atoms. The Kier molecular flexibility index (Phi) is 7.16. The van der Waals surface area contributed by atoms with Gasteiger partial charge in [0.05, 0.1) is 11.3 Å². The molecule has 8 heteroatoms. The summed E-state index contributed by atoms with van der Waals surface area (Å²) in [6.07, 6.45) is 0.198. The van der Waals surface area contributed by atoms with Gasteiger partial charge in [-0.15, -0.1) is 11.8 Å². The zero-order valence-corrected chi connectivity index (χ0v) is 15.0. The number of non-ortho nitro benzene ring substituents is 1. The van der Waals surface area contributed by atoms with Crippen molar-refractivity contribution in [3.8, 4) is 0 Å². The summed E-state index contributed by atoms with van der Waals surface area (Å²) in [5, 5.41) is 13.1. The number of rotatable bonds is 8. The normalized spacial score (nSPS) is 10.2. The first-order valence-electron chi connectivity index (χ1n) is 7.83. The van der Waals surface area contributed by atoms with Gasteiger partial charge in [0.25, 0.3) is 11.6 Å². The number of nitrogens with one attached hydrogen (secondary N) is 1. The lowest BCUT2D eigenvalue weighted by Crippen LogP contribution is -2.21. The molecule has 2 rings (SSSR count). The van der Waals surface area contributed by atoms with Crippen molar-refractivity contribution < 1.29 is 19.2 Å². The van der Waals surface area contributed by atoms with Crippen LogP contribution in [-0.4, -0.2) is 29.2 Å². The molecule has 1 amide bonds. The van der Waals surface area contributed by atoms with Crippen LogP contribution >= 0.6 is 11.8 Å². The first-order valence-corrected chi connectivity index (χ1v) is 8.82. The number of carbonyl (C=O) groups is 2. The van der Waals surface area contributed by atoms with E-state index in [2.05, 4.69) is 5.32 Å². The van der Waals surface area contributed by atoms with Gasteiger partial charge in [0.2, 0.25) is 0 Å². The largest absolute Gasteiger partial charge is 0.456 e. The number of nitro benzene ring substituents is 1. The maximum atomic E-state index is 11.7. The molecule has 0 aromatic heterocycles. The summed E-state index contributed by atoms with van der Waals surface area (Å²) in [5.41, 5.74) is 1.50. The number of nitro groups is 1. The average molecular weight is 374 g/mol. The van der Waals surface area contributed by atoms with Gasteiger partial charge >= 0.3 is 5.97 Å². The highest BCUT2D eigenvalue weighted by molar-refractivity contribution is 7.99. The molecule has 0 aliphatic carbocycles. The van der Waals surface area contributed by atoms with E-state index in [-0.39, 0.29) is 12.1 Å². The number of anilines is 1. The third kappa shape index (κ3) is 6.56. The third-order valence-corrected chi connectivity index (χ3v) is 4.34. The van der Waals surface area contributed by atoms with E-state index in [0.29, 0.717) is 11.4 Å². The van der Waals surface area contributed by atoms with E-state index in [4.69, 9.17) is 4.74 Å². The van der Waals surface area contributed by atoms with Crippen LogP contribution in [0.25, 0.3) is 0 Å². The van der Waals surface area contributed by atoms with E-state index in [1.54, 1.807) is 11.8 Å². The monoisotopic (exact) mass is 374 g/mol. The van der Waals surface area contributed by atoms with Gasteiger partial charge in [0.15, 0.2) is 6.61 Å². The maximum absolute atomic E-state index is 11.7. The lowest BCUT2D eigenvalue weighted by atomic mass is 10.2. The smallest absolute Gasteiger partial charge is 0.307 e. The number of aryl methyl sites for hydroxylation is 1. The lowest BCUT2D eigenvalue weighted by molar-refractivity contribution is -0.384. The number of ether oxygens (including phenoxy) is 1. The van der Waals surface area contributed by atoms with E-state index < -0.39 is 23.4 Å². The van der Waals surface area contributed by atoms with Crippen LogP contribution in [-0.2, 0) is 14.3 Å². The van der Waals surface area contributed by atoms with Gasteiger partial charge < -0.3 is 10.1 Å². The molecule has 0 fully saturated rings. The molecule has 7 nitrogen and oxygen atoms in total. The topological polar surface area (TPSA) is 98.5 Å².